The van der Waals surface area contributed by atoms with Crippen LogP contribution in [-0.4, -0.2) is 76.3 Å². The Morgan fingerprint density at radius 3 is 2.12 bits per heavy atom. The summed E-state index contributed by atoms with van der Waals surface area (Å²) in [6.07, 6.45) is 0. The maximum absolute atomic E-state index is 3.43. The maximum Gasteiger partial charge on any atom is 0.0110 e. The highest BCUT2D eigenvalue weighted by Gasteiger charge is 2.12. The molecule has 1 rings (SSSR count). The van der Waals surface area contributed by atoms with Crippen molar-refractivity contribution in [2.45, 2.75) is 13.8 Å². The second-order valence-corrected chi connectivity index (χ2v) is 4.00. The quantitative estimate of drug-likeness (QED) is 0.632. The molecule has 1 aliphatic heterocycles. The van der Waals surface area contributed by atoms with Crippen LogP contribution in [0, 0.1) is 0 Å². The van der Waals surface area contributed by atoms with E-state index in [1.807, 2.05) is 20.9 Å². The van der Waals surface area contributed by atoms with E-state index in [-0.39, 0.29) is 0 Å². The molecule has 0 spiro atoms. The van der Waals surface area contributed by atoms with E-state index in [0.717, 1.165) is 19.6 Å². The number of nitrogens with zero attached hydrogens (tertiary/aromatic N) is 2. The number of hydrogen-bond acceptors (Lipinski definition) is 4. The minimum atomic E-state index is 1.06. The normalized spacial score (nSPS) is 18.0. The Balaban J connectivity index is 0.00000106. The smallest absolute Gasteiger partial charge is 0.0110 e. The van der Waals surface area contributed by atoms with Crippen LogP contribution >= 0.6 is 0 Å². The van der Waals surface area contributed by atoms with Crippen molar-refractivity contribution in [2.75, 3.05) is 66.5 Å². The van der Waals surface area contributed by atoms with Gasteiger partial charge in [-0.1, -0.05) is 13.8 Å². The first-order valence-electron chi connectivity index (χ1n) is 6.59. The predicted octanol–water partition coefficient (Wildman–Crippen LogP) is 0.0690. The summed E-state index contributed by atoms with van der Waals surface area (Å²) < 4.78 is 0. The molecule has 1 heterocycles. The maximum atomic E-state index is 3.43. The highest BCUT2D eigenvalue weighted by molar-refractivity contribution is 4.69. The molecule has 1 fully saturated rings. The van der Waals surface area contributed by atoms with Crippen LogP contribution in [0.1, 0.15) is 13.8 Å². The minimum Gasteiger partial charge on any atom is -0.318 e. The van der Waals surface area contributed by atoms with Gasteiger partial charge in [0.05, 0.1) is 0 Å². The van der Waals surface area contributed by atoms with Gasteiger partial charge in [-0.15, -0.1) is 0 Å². The minimum absolute atomic E-state index is 1.06. The molecule has 4 heteroatoms. The van der Waals surface area contributed by atoms with E-state index in [1.54, 1.807) is 0 Å². The third-order valence-corrected chi connectivity index (χ3v) is 2.75. The first-order valence-corrected chi connectivity index (χ1v) is 6.59. The van der Waals surface area contributed by atoms with Gasteiger partial charge >= 0.3 is 0 Å². The van der Waals surface area contributed by atoms with E-state index in [0.29, 0.717) is 0 Å². The Labute approximate surface area is 101 Å². The van der Waals surface area contributed by atoms with Crippen LogP contribution < -0.4 is 10.6 Å². The number of nitrogens with one attached hydrogen (secondary N) is 2. The molecule has 0 unspecified atom stereocenters. The van der Waals surface area contributed by atoms with Crippen LogP contribution in [0.15, 0.2) is 0 Å². The van der Waals surface area contributed by atoms with Gasteiger partial charge in [0.15, 0.2) is 0 Å². The molecule has 16 heavy (non-hydrogen) atoms. The third kappa shape index (κ3) is 8.05. The van der Waals surface area contributed by atoms with Gasteiger partial charge in [0.25, 0.3) is 0 Å². The zero-order valence-electron chi connectivity index (χ0n) is 11.6. The van der Waals surface area contributed by atoms with Crippen LogP contribution in [0.25, 0.3) is 0 Å². The molecule has 0 aromatic rings. The van der Waals surface area contributed by atoms with Crippen molar-refractivity contribution in [3.05, 3.63) is 0 Å². The van der Waals surface area contributed by atoms with E-state index in [2.05, 4.69) is 27.5 Å². The van der Waals surface area contributed by atoms with Crippen molar-refractivity contribution in [3.8, 4) is 0 Å². The van der Waals surface area contributed by atoms with Gasteiger partial charge in [-0.2, -0.15) is 0 Å². The van der Waals surface area contributed by atoms with Crippen LogP contribution in [-0.2, 0) is 0 Å². The molecular formula is C12H30N4. The van der Waals surface area contributed by atoms with Crippen molar-refractivity contribution in [1.29, 1.82) is 0 Å². The third-order valence-electron chi connectivity index (χ3n) is 2.75. The lowest BCUT2D eigenvalue weighted by Crippen LogP contribution is -2.46. The fourth-order valence-corrected chi connectivity index (χ4v) is 1.65. The second kappa shape index (κ2) is 11.3. The Kier molecular flexibility index (Phi) is 11.2. The first kappa shape index (κ1) is 15.8. The van der Waals surface area contributed by atoms with Crippen LogP contribution in [0.4, 0.5) is 0 Å². The number of rotatable bonds is 6. The summed E-state index contributed by atoms with van der Waals surface area (Å²) >= 11 is 0. The summed E-state index contributed by atoms with van der Waals surface area (Å²) in [5.74, 6) is 0. The van der Waals surface area contributed by atoms with Gasteiger partial charge in [-0.05, 0) is 14.1 Å². The molecule has 0 amide bonds. The van der Waals surface area contributed by atoms with Crippen molar-refractivity contribution in [2.24, 2.45) is 0 Å². The van der Waals surface area contributed by atoms with Gasteiger partial charge in [-0.25, -0.2) is 0 Å². The molecule has 4 nitrogen and oxygen atoms in total. The highest BCUT2D eigenvalue weighted by atomic mass is 15.2. The molecule has 0 aromatic heterocycles. The fourth-order valence-electron chi connectivity index (χ4n) is 1.65. The van der Waals surface area contributed by atoms with E-state index in [4.69, 9.17) is 0 Å². The fraction of sp³-hybridized carbons (Fsp3) is 1.00. The van der Waals surface area contributed by atoms with Gasteiger partial charge in [0, 0.05) is 52.4 Å². The van der Waals surface area contributed by atoms with Gasteiger partial charge < -0.3 is 15.5 Å². The average molecular weight is 230 g/mol. The average Bonchev–Trinajstić information content (AvgIpc) is 2.34. The first-order chi connectivity index (χ1) is 7.83. The lowest BCUT2D eigenvalue weighted by molar-refractivity contribution is 0.155. The topological polar surface area (TPSA) is 30.5 Å². The Morgan fingerprint density at radius 2 is 1.56 bits per heavy atom. The predicted molar refractivity (Wildman–Crippen MR) is 72.1 cm³/mol. The number of hydrogen-bond donors (Lipinski definition) is 2. The molecule has 0 atom stereocenters. The molecule has 0 saturated carbocycles. The zero-order valence-corrected chi connectivity index (χ0v) is 11.6. The lowest BCUT2D eigenvalue weighted by Gasteiger charge is -2.32. The van der Waals surface area contributed by atoms with Crippen molar-refractivity contribution in [3.63, 3.8) is 0 Å². The summed E-state index contributed by atoms with van der Waals surface area (Å²) in [6.45, 7) is 13.3. The van der Waals surface area contributed by atoms with Crippen molar-refractivity contribution >= 4 is 0 Å². The number of piperazine rings is 1. The van der Waals surface area contributed by atoms with Crippen LogP contribution in [0.3, 0.4) is 0 Å². The van der Waals surface area contributed by atoms with Crippen LogP contribution in [0.5, 0.6) is 0 Å². The summed E-state index contributed by atoms with van der Waals surface area (Å²) in [5.41, 5.74) is 0. The molecule has 0 radical (unpaired) electrons. The summed E-state index contributed by atoms with van der Waals surface area (Å²) in [6, 6.07) is 0. The van der Waals surface area contributed by atoms with Crippen molar-refractivity contribution in [1.82, 2.24) is 20.4 Å². The Bertz CT molecular complexity index is 133. The Morgan fingerprint density at radius 1 is 0.938 bits per heavy atom. The van der Waals surface area contributed by atoms with Crippen LogP contribution in [0.2, 0.25) is 0 Å². The lowest BCUT2D eigenvalue weighted by atomic mass is 10.3. The summed E-state index contributed by atoms with van der Waals surface area (Å²) in [5, 5.41) is 6.56. The van der Waals surface area contributed by atoms with E-state index in [9.17, 15) is 0 Å². The molecule has 2 N–H and O–H groups in total. The summed E-state index contributed by atoms with van der Waals surface area (Å²) in [4.78, 5) is 4.93. The largest absolute Gasteiger partial charge is 0.318 e. The molecular weight excluding hydrogens is 200 g/mol. The molecule has 98 valence electrons. The van der Waals surface area contributed by atoms with Gasteiger partial charge in [-0.3, -0.25) is 4.90 Å². The van der Waals surface area contributed by atoms with Crippen molar-refractivity contribution < 1.29 is 0 Å². The summed E-state index contributed by atoms with van der Waals surface area (Å²) in [7, 11) is 4.19. The molecule has 1 aliphatic rings. The SMILES string of the molecule is CC.CNCCNCCN1CCN(C)CC1. The van der Waals surface area contributed by atoms with E-state index < -0.39 is 0 Å². The van der Waals surface area contributed by atoms with E-state index in [1.165, 1.54) is 32.7 Å². The van der Waals surface area contributed by atoms with Gasteiger partial charge in [0.1, 0.15) is 0 Å². The molecule has 0 aromatic carbocycles. The standard InChI is InChI=1S/C10H24N4.C2H6/c1-11-3-4-12-5-6-14-9-7-13(2)8-10-14;1-2/h11-12H,3-10H2,1-2H3;1-2H3. The van der Waals surface area contributed by atoms with Gasteiger partial charge in [0.2, 0.25) is 0 Å². The monoisotopic (exact) mass is 230 g/mol. The zero-order chi connectivity index (χ0) is 12.2. The molecule has 0 bridgehead atoms. The molecule has 0 aliphatic carbocycles. The second-order valence-electron chi connectivity index (χ2n) is 4.00. The highest BCUT2D eigenvalue weighted by Crippen LogP contribution is 1.97. The Hall–Kier alpha value is -0.160. The molecule has 1 saturated heterocycles. The number of likely N-dealkylation sites (N-methyl/N-ethyl adjacent to an activating group) is 2. The van der Waals surface area contributed by atoms with E-state index >= 15 is 0 Å².